The van der Waals surface area contributed by atoms with E-state index in [9.17, 15) is 15.0 Å². The minimum absolute atomic E-state index is 0.106. The number of Topliss-reactive ketones (excluding diaryl/α,β-unsaturated/α-hetero) is 1. The van der Waals surface area contributed by atoms with Gasteiger partial charge in [0, 0.05) is 11.8 Å². The fourth-order valence-electron chi connectivity index (χ4n) is 4.11. The van der Waals surface area contributed by atoms with Crippen LogP contribution in [0.25, 0.3) is 0 Å². The lowest BCUT2D eigenvalue weighted by Gasteiger charge is -2.43. The third-order valence-electron chi connectivity index (χ3n) is 5.61. The van der Waals surface area contributed by atoms with E-state index >= 15 is 0 Å². The van der Waals surface area contributed by atoms with E-state index in [4.69, 9.17) is 0 Å². The van der Waals surface area contributed by atoms with E-state index in [2.05, 4.69) is 13.8 Å². The van der Waals surface area contributed by atoms with Crippen molar-refractivity contribution >= 4 is 5.78 Å². The molecule has 2 rings (SSSR count). The van der Waals surface area contributed by atoms with Gasteiger partial charge < -0.3 is 10.2 Å². The Kier molecular flexibility index (Phi) is 3.14. The van der Waals surface area contributed by atoms with Crippen LogP contribution in [0.4, 0.5) is 0 Å². The number of fused-ring (bicyclic) bond motifs is 1. The van der Waals surface area contributed by atoms with Crippen molar-refractivity contribution in [1.82, 2.24) is 0 Å². The first kappa shape index (κ1) is 14.0. The summed E-state index contributed by atoms with van der Waals surface area (Å²) in [4.78, 5) is 12.1. The Bertz CT molecular complexity index is 361. The van der Waals surface area contributed by atoms with Gasteiger partial charge in [-0.15, -0.1) is 0 Å². The molecule has 18 heavy (non-hydrogen) atoms. The quantitative estimate of drug-likeness (QED) is 0.755. The van der Waals surface area contributed by atoms with Crippen LogP contribution in [-0.2, 0) is 4.79 Å². The van der Waals surface area contributed by atoms with Crippen molar-refractivity contribution in [2.45, 2.75) is 71.0 Å². The second-order valence-corrected chi connectivity index (χ2v) is 7.25. The molecule has 2 fully saturated rings. The lowest BCUT2D eigenvalue weighted by atomic mass is 9.67. The van der Waals surface area contributed by atoms with Crippen LogP contribution in [0.5, 0.6) is 0 Å². The summed E-state index contributed by atoms with van der Waals surface area (Å²) >= 11 is 0. The van der Waals surface area contributed by atoms with Gasteiger partial charge in [-0.25, -0.2) is 0 Å². The van der Waals surface area contributed by atoms with E-state index in [0.29, 0.717) is 25.2 Å². The van der Waals surface area contributed by atoms with Gasteiger partial charge in [0.2, 0.25) is 0 Å². The average Bonchev–Trinajstić information content (AvgIpc) is 2.46. The van der Waals surface area contributed by atoms with E-state index in [0.717, 1.165) is 12.8 Å². The molecule has 4 atom stereocenters. The average molecular weight is 254 g/mol. The molecule has 0 aromatic rings. The van der Waals surface area contributed by atoms with Crippen molar-refractivity contribution < 1.29 is 15.0 Å². The van der Waals surface area contributed by atoms with E-state index in [1.54, 1.807) is 6.92 Å². The molecule has 2 saturated carbocycles. The highest BCUT2D eigenvalue weighted by Gasteiger charge is 2.60. The van der Waals surface area contributed by atoms with Crippen molar-refractivity contribution in [3.05, 3.63) is 0 Å². The predicted molar refractivity (Wildman–Crippen MR) is 70.1 cm³/mol. The first-order valence-electron chi connectivity index (χ1n) is 7.10. The zero-order chi connectivity index (χ0) is 13.8. The summed E-state index contributed by atoms with van der Waals surface area (Å²) in [5, 5.41) is 21.3. The Morgan fingerprint density at radius 2 is 1.78 bits per heavy atom. The largest absolute Gasteiger partial charge is 0.389 e. The van der Waals surface area contributed by atoms with Gasteiger partial charge in [-0.1, -0.05) is 20.8 Å². The monoisotopic (exact) mass is 254 g/mol. The molecule has 104 valence electrons. The second-order valence-electron chi connectivity index (χ2n) is 7.25. The lowest BCUT2D eigenvalue weighted by molar-refractivity contribution is -0.138. The van der Waals surface area contributed by atoms with Crippen LogP contribution in [0, 0.1) is 17.3 Å². The summed E-state index contributed by atoms with van der Waals surface area (Å²) in [6, 6.07) is 0. The van der Waals surface area contributed by atoms with Gasteiger partial charge in [0.05, 0.1) is 5.60 Å². The topological polar surface area (TPSA) is 57.5 Å². The van der Waals surface area contributed by atoms with Gasteiger partial charge in [-0.3, -0.25) is 4.79 Å². The van der Waals surface area contributed by atoms with Gasteiger partial charge in [-0.05, 0) is 44.4 Å². The van der Waals surface area contributed by atoms with Gasteiger partial charge in [-0.2, -0.15) is 0 Å². The Hall–Kier alpha value is -0.410. The van der Waals surface area contributed by atoms with E-state index in [1.807, 2.05) is 6.92 Å². The molecule has 0 radical (unpaired) electrons. The summed E-state index contributed by atoms with van der Waals surface area (Å²) in [5.74, 6) is 0.546. The van der Waals surface area contributed by atoms with Gasteiger partial charge in [0.25, 0.3) is 0 Å². The number of hydrogen-bond donors (Lipinski definition) is 2. The standard InChI is InChI=1S/C15H26O3/c1-10(2)11-5-6-13(3)9-12(16)14(4,17)7-8-15(11,13)18/h10-11,17-18H,5-9H2,1-4H3/t11-,13-,14-,15+/m1/s1. The Morgan fingerprint density at radius 1 is 1.17 bits per heavy atom. The first-order chi connectivity index (χ1) is 8.12. The summed E-state index contributed by atoms with van der Waals surface area (Å²) in [7, 11) is 0. The summed E-state index contributed by atoms with van der Waals surface area (Å²) in [5.41, 5.74) is -2.42. The molecule has 0 aromatic carbocycles. The molecule has 0 saturated heterocycles. The first-order valence-corrected chi connectivity index (χ1v) is 7.10. The highest BCUT2D eigenvalue weighted by atomic mass is 16.3. The van der Waals surface area contributed by atoms with Crippen molar-refractivity contribution in [2.24, 2.45) is 17.3 Å². The third-order valence-corrected chi connectivity index (χ3v) is 5.61. The molecule has 0 bridgehead atoms. The summed E-state index contributed by atoms with van der Waals surface area (Å²) in [6.07, 6.45) is 3.08. The van der Waals surface area contributed by atoms with Gasteiger partial charge in [0.1, 0.15) is 5.60 Å². The molecule has 3 heteroatoms. The molecule has 0 amide bonds. The zero-order valence-electron chi connectivity index (χ0n) is 12.0. The van der Waals surface area contributed by atoms with Crippen LogP contribution in [0.1, 0.15) is 59.8 Å². The predicted octanol–water partition coefficient (Wildman–Crippen LogP) is 2.29. The third kappa shape index (κ3) is 1.83. The molecular weight excluding hydrogens is 228 g/mol. The van der Waals surface area contributed by atoms with Crippen LogP contribution in [-0.4, -0.2) is 27.2 Å². The lowest BCUT2D eigenvalue weighted by Crippen LogP contribution is -2.47. The van der Waals surface area contributed by atoms with E-state index in [1.165, 1.54) is 0 Å². The van der Waals surface area contributed by atoms with Crippen molar-refractivity contribution in [1.29, 1.82) is 0 Å². The zero-order valence-corrected chi connectivity index (χ0v) is 12.0. The smallest absolute Gasteiger partial charge is 0.164 e. The molecule has 0 spiro atoms. The number of carbonyl (C=O) groups excluding carboxylic acids is 1. The van der Waals surface area contributed by atoms with Crippen molar-refractivity contribution in [3.8, 4) is 0 Å². The molecule has 0 heterocycles. The molecule has 3 nitrogen and oxygen atoms in total. The number of rotatable bonds is 1. The molecule has 2 aliphatic rings. The molecule has 2 aliphatic carbocycles. The van der Waals surface area contributed by atoms with Crippen LogP contribution in [0.15, 0.2) is 0 Å². The Morgan fingerprint density at radius 3 is 2.33 bits per heavy atom. The SMILES string of the molecule is CC(C)[C@H]1CC[C@]2(C)CC(=O)[C@](C)(O)CC[C@]12O. The van der Waals surface area contributed by atoms with Crippen molar-refractivity contribution in [3.63, 3.8) is 0 Å². The van der Waals surface area contributed by atoms with Crippen molar-refractivity contribution in [2.75, 3.05) is 0 Å². The van der Waals surface area contributed by atoms with E-state index < -0.39 is 11.2 Å². The minimum Gasteiger partial charge on any atom is -0.389 e. The normalized spacial score (nSPS) is 49.3. The Balaban J connectivity index is 2.38. The minimum atomic E-state index is -1.26. The number of ketones is 1. The summed E-state index contributed by atoms with van der Waals surface area (Å²) in [6.45, 7) is 7.89. The maximum atomic E-state index is 12.1. The van der Waals surface area contributed by atoms with Gasteiger partial charge >= 0.3 is 0 Å². The van der Waals surface area contributed by atoms with E-state index in [-0.39, 0.29) is 17.1 Å². The van der Waals surface area contributed by atoms with Gasteiger partial charge in [0.15, 0.2) is 5.78 Å². The molecule has 0 unspecified atom stereocenters. The molecular formula is C15H26O3. The second kappa shape index (κ2) is 4.04. The fraction of sp³-hybridized carbons (Fsp3) is 0.933. The molecule has 0 aliphatic heterocycles. The number of aliphatic hydroxyl groups is 2. The molecule has 0 aromatic heterocycles. The summed E-state index contributed by atoms with van der Waals surface area (Å²) < 4.78 is 0. The van der Waals surface area contributed by atoms with Crippen LogP contribution in [0.2, 0.25) is 0 Å². The van der Waals surface area contributed by atoms with Crippen LogP contribution in [0.3, 0.4) is 0 Å². The highest BCUT2D eigenvalue weighted by Crippen LogP contribution is 2.58. The Labute approximate surface area is 110 Å². The number of carbonyl (C=O) groups is 1. The number of hydrogen-bond acceptors (Lipinski definition) is 3. The van der Waals surface area contributed by atoms with Crippen LogP contribution >= 0.6 is 0 Å². The fourth-order valence-corrected chi connectivity index (χ4v) is 4.11. The maximum Gasteiger partial charge on any atom is 0.164 e. The van der Waals surface area contributed by atoms with Crippen LogP contribution < -0.4 is 0 Å². The molecule has 2 N–H and O–H groups in total. The maximum absolute atomic E-state index is 12.1. The highest BCUT2D eigenvalue weighted by molar-refractivity contribution is 5.87.